The Balaban J connectivity index is 1.66. The van der Waals surface area contributed by atoms with E-state index in [2.05, 4.69) is 15.6 Å². The molecule has 2 N–H and O–H groups in total. The number of thioether (sulfide) groups is 1. The summed E-state index contributed by atoms with van der Waals surface area (Å²) < 4.78 is 0. The molecular weight excluding hydrogens is 182 g/mol. The van der Waals surface area contributed by atoms with Crippen molar-refractivity contribution in [3.8, 4) is 0 Å². The minimum absolute atomic E-state index is 0.712. The summed E-state index contributed by atoms with van der Waals surface area (Å²) in [5.74, 6) is 1.17. The van der Waals surface area contributed by atoms with Crippen molar-refractivity contribution in [2.24, 2.45) is 4.99 Å². The lowest BCUT2D eigenvalue weighted by Gasteiger charge is -2.22. The third-order valence-electron chi connectivity index (χ3n) is 2.48. The molecule has 0 aromatic rings. The van der Waals surface area contributed by atoms with Crippen molar-refractivity contribution in [3.63, 3.8) is 0 Å². The third-order valence-corrected chi connectivity index (χ3v) is 3.59. The van der Waals surface area contributed by atoms with Gasteiger partial charge in [0.25, 0.3) is 0 Å². The normalized spacial score (nSPS) is 28.3. The molecule has 2 heterocycles. The minimum atomic E-state index is 0.712. The van der Waals surface area contributed by atoms with Gasteiger partial charge in [0, 0.05) is 18.3 Å². The first-order chi connectivity index (χ1) is 6.45. The van der Waals surface area contributed by atoms with Crippen molar-refractivity contribution >= 4 is 16.9 Å². The smallest absolute Gasteiger partial charge is 0.156 e. The Morgan fingerprint density at radius 1 is 1.38 bits per heavy atom. The van der Waals surface area contributed by atoms with Crippen LogP contribution < -0.4 is 10.6 Å². The van der Waals surface area contributed by atoms with Gasteiger partial charge in [-0.3, -0.25) is 4.99 Å². The Kier molecular flexibility index (Phi) is 3.49. The van der Waals surface area contributed by atoms with E-state index < -0.39 is 0 Å². The molecule has 0 aromatic heterocycles. The maximum absolute atomic E-state index is 4.36. The van der Waals surface area contributed by atoms with Gasteiger partial charge in [0.15, 0.2) is 5.17 Å². The molecule has 2 aliphatic rings. The van der Waals surface area contributed by atoms with E-state index in [9.17, 15) is 0 Å². The van der Waals surface area contributed by atoms with Crippen molar-refractivity contribution in [2.75, 3.05) is 25.4 Å². The van der Waals surface area contributed by atoms with Gasteiger partial charge in [-0.15, -0.1) is 0 Å². The number of amidine groups is 1. The van der Waals surface area contributed by atoms with Crippen LogP contribution in [0.25, 0.3) is 0 Å². The zero-order chi connectivity index (χ0) is 8.93. The van der Waals surface area contributed by atoms with Crippen molar-refractivity contribution in [2.45, 2.75) is 25.3 Å². The second-order valence-electron chi connectivity index (χ2n) is 3.57. The number of hydrogen-bond donors (Lipinski definition) is 2. The Morgan fingerprint density at radius 2 is 2.38 bits per heavy atom. The fraction of sp³-hybridized carbons (Fsp3) is 0.889. The highest BCUT2D eigenvalue weighted by Gasteiger charge is 2.14. The highest BCUT2D eigenvalue weighted by molar-refractivity contribution is 8.13. The van der Waals surface area contributed by atoms with Gasteiger partial charge in [-0.05, 0) is 19.4 Å². The SMILES string of the molecule is C1CCC(CSC2=NCCN2)NC1. The predicted molar refractivity (Wildman–Crippen MR) is 58.4 cm³/mol. The van der Waals surface area contributed by atoms with Crippen LogP contribution in [0, 0.1) is 0 Å². The van der Waals surface area contributed by atoms with Gasteiger partial charge in [0.2, 0.25) is 0 Å². The molecule has 1 unspecified atom stereocenters. The number of hydrogen-bond acceptors (Lipinski definition) is 4. The zero-order valence-electron chi connectivity index (χ0n) is 7.88. The first-order valence-corrected chi connectivity index (χ1v) is 6.08. The molecule has 1 atom stereocenters. The molecule has 4 heteroatoms. The molecule has 0 radical (unpaired) electrons. The number of piperidine rings is 1. The Labute approximate surface area is 83.8 Å². The first-order valence-electron chi connectivity index (χ1n) is 5.09. The fourth-order valence-corrected chi connectivity index (χ4v) is 2.75. The van der Waals surface area contributed by atoms with Crippen LogP contribution in [0.5, 0.6) is 0 Å². The van der Waals surface area contributed by atoms with Gasteiger partial charge in [0.1, 0.15) is 0 Å². The van der Waals surface area contributed by atoms with Crippen LogP contribution in [-0.4, -0.2) is 36.6 Å². The summed E-state index contributed by atoms with van der Waals surface area (Å²) in [5.41, 5.74) is 0. The van der Waals surface area contributed by atoms with Crippen LogP contribution in [-0.2, 0) is 0 Å². The fourth-order valence-electron chi connectivity index (χ4n) is 1.72. The lowest BCUT2D eigenvalue weighted by molar-refractivity contribution is 0.430. The number of rotatable bonds is 2. The predicted octanol–water partition coefficient (Wildman–Crippen LogP) is 0.821. The van der Waals surface area contributed by atoms with Crippen LogP contribution in [0.2, 0.25) is 0 Å². The van der Waals surface area contributed by atoms with Crippen LogP contribution in [0.15, 0.2) is 4.99 Å². The second-order valence-corrected chi connectivity index (χ2v) is 4.58. The topological polar surface area (TPSA) is 36.4 Å². The first kappa shape index (κ1) is 9.34. The third kappa shape index (κ3) is 2.88. The van der Waals surface area contributed by atoms with E-state index in [-0.39, 0.29) is 0 Å². The lowest BCUT2D eigenvalue weighted by atomic mass is 10.1. The van der Waals surface area contributed by atoms with Crippen LogP contribution in [0.3, 0.4) is 0 Å². The second kappa shape index (κ2) is 4.86. The van der Waals surface area contributed by atoms with Gasteiger partial charge in [-0.25, -0.2) is 0 Å². The Bertz CT molecular complexity index is 187. The average molecular weight is 199 g/mol. The zero-order valence-corrected chi connectivity index (χ0v) is 8.70. The molecule has 0 aliphatic carbocycles. The van der Waals surface area contributed by atoms with Gasteiger partial charge in [0.05, 0.1) is 6.54 Å². The van der Waals surface area contributed by atoms with Crippen LogP contribution in [0.1, 0.15) is 19.3 Å². The van der Waals surface area contributed by atoms with Crippen molar-refractivity contribution < 1.29 is 0 Å². The van der Waals surface area contributed by atoms with E-state index in [0.29, 0.717) is 6.04 Å². The number of nitrogens with zero attached hydrogens (tertiary/aromatic N) is 1. The van der Waals surface area contributed by atoms with Gasteiger partial charge >= 0.3 is 0 Å². The standard InChI is InChI=1S/C9H17N3S/c1-2-4-10-8(3-1)7-13-9-11-5-6-12-9/h8,10H,1-7H2,(H,11,12). The van der Waals surface area contributed by atoms with E-state index in [0.717, 1.165) is 18.3 Å². The average Bonchev–Trinajstić information content (AvgIpc) is 2.69. The molecule has 1 saturated heterocycles. The molecule has 2 rings (SSSR count). The summed E-state index contributed by atoms with van der Waals surface area (Å²) in [5, 5.41) is 7.97. The molecule has 74 valence electrons. The van der Waals surface area contributed by atoms with Gasteiger partial charge in [-0.1, -0.05) is 18.2 Å². The van der Waals surface area contributed by atoms with Gasteiger partial charge < -0.3 is 10.6 Å². The molecule has 0 aromatic carbocycles. The summed E-state index contributed by atoms with van der Waals surface area (Å²) in [6.07, 6.45) is 4.07. The summed E-state index contributed by atoms with van der Waals surface area (Å²) in [7, 11) is 0. The maximum atomic E-state index is 4.36. The van der Waals surface area contributed by atoms with E-state index in [1.807, 2.05) is 11.8 Å². The molecule has 1 fully saturated rings. The molecular formula is C9H17N3S. The quantitative estimate of drug-likeness (QED) is 0.691. The van der Waals surface area contributed by atoms with Gasteiger partial charge in [-0.2, -0.15) is 0 Å². The van der Waals surface area contributed by atoms with E-state index in [1.165, 1.54) is 31.6 Å². The van der Waals surface area contributed by atoms with E-state index in [1.54, 1.807) is 0 Å². The van der Waals surface area contributed by atoms with Crippen molar-refractivity contribution in [3.05, 3.63) is 0 Å². The highest BCUT2D eigenvalue weighted by atomic mass is 32.2. The minimum Gasteiger partial charge on any atom is -0.363 e. The summed E-state index contributed by atoms with van der Waals surface area (Å²) in [6.45, 7) is 3.19. The molecule has 0 amide bonds. The monoisotopic (exact) mass is 199 g/mol. The summed E-state index contributed by atoms with van der Waals surface area (Å²) in [4.78, 5) is 4.36. The maximum Gasteiger partial charge on any atom is 0.156 e. The van der Waals surface area contributed by atoms with Crippen LogP contribution in [0.4, 0.5) is 0 Å². The molecule has 0 bridgehead atoms. The summed E-state index contributed by atoms with van der Waals surface area (Å²) in [6, 6.07) is 0.712. The van der Waals surface area contributed by atoms with Crippen molar-refractivity contribution in [1.29, 1.82) is 0 Å². The Morgan fingerprint density at radius 3 is 3.08 bits per heavy atom. The van der Waals surface area contributed by atoms with E-state index in [4.69, 9.17) is 0 Å². The van der Waals surface area contributed by atoms with E-state index >= 15 is 0 Å². The molecule has 0 spiro atoms. The van der Waals surface area contributed by atoms with Crippen LogP contribution >= 0.6 is 11.8 Å². The largest absolute Gasteiger partial charge is 0.363 e. The molecule has 0 saturated carbocycles. The lowest BCUT2D eigenvalue weighted by Crippen LogP contribution is -2.36. The number of aliphatic imine (C=N–C) groups is 1. The number of nitrogens with one attached hydrogen (secondary N) is 2. The molecule has 3 nitrogen and oxygen atoms in total. The summed E-state index contributed by atoms with van der Waals surface area (Å²) >= 11 is 1.87. The van der Waals surface area contributed by atoms with Crippen molar-refractivity contribution in [1.82, 2.24) is 10.6 Å². The molecule has 2 aliphatic heterocycles. The molecule has 13 heavy (non-hydrogen) atoms. The Hall–Kier alpha value is -0.220. The highest BCUT2D eigenvalue weighted by Crippen LogP contribution is 2.14.